The molecule has 0 atom stereocenters. The van der Waals surface area contributed by atoms with Crippen LogP contribution >= 0.6 is 0 Å². The van der Waals surface area contributed by atoms with Crippen LogP contribution in [0.4, 0.5) is 0 Å². The third-order valence-corrected chi connectivity index (χ3v) is 3.94. The smallest absolute Gasteiger partial charge is 0.126 e. The van der Waals surface area contributed by atoms with Gasteiger partial charge in [-0.2, -0.15) is 0 Å². The highest BCUT2D eigenvalue weighted by atomic mass is 16.1. The van der Waals surface area contributed by atoms with E-state index in [4.69, 9.17) is 0 Å². The van der Waals surface area contributed by atoms with Crippen molar-refractivity contribution in [2.75, 3.05) is 0 Å². The molecule has 0 aromatic heterocycles. The van der Waals surface area contributed by atoms with Gasteiger partial charge in [-0.15, -0.1) is 0 Å². The predicted molar refractivity (Wildman–Crippen MR) is 71.7 cm³/mol. The van der Waals surface area contributed by atoms with Gasteiger partial charge in [-0.25, -0.2) is 0 Å². The second-order valence-electron chi connectivity index (χ2n) is 5.06. The molecule has 0 aromatic carbocycles. The van der Waals surface area contributed by atoms with Crippen LogP contribution in [-0.4, -0.2) is 6.29 Å². The van der Waals surface area contributed by atoms with Gasteiger partial charge in [-0.3, -0.25) is 0 Å². The lowest BCUT2D eigenvalue weighted by Gasteiger charge is -2.24. The number of carbonyl (C=O) groups excluding carboxylic acids is 1. The number of unbranched alkanes of at least 4 members (excludes halogenated alkanes) is 6. The van der Waals surface area contributed by atoms with Crippen LogP contribution in [0.5, 0.6) is 0 Å². The fraction of sp³-hybridized carbons (Fsp3) is 0.933. The Labute approximate surface area is 102 Å². The van der Waals surface area contributed by atoms with E-state index in [0.29, 0.717) is 0 Å². The van der Waals surface area contributed by atoms with E-state index in [-0.39, 0.29) is 5.41 Å². The van der Waals surface area contributed by atoms with E-state index in [2.05, 4.69) is 20.8 Å². The lowest BCUT2D eigenvalue weighted by Crippen LogP contribution is -2.20. The standard InChI is InChI=1S/C15H30O/c1-4-7-8-9-10-11-12-13-15(5-2,6-3)14-16/h14H,4-13H2,1-3H3. The van der Waals surface area contributed by atoms with E-state index in [0.717, 1.165) is 19.3 Å². The maximum atomic E-state index is 11.1. The summed E-state index contributed by atoms with van der Waals surface area (Å²) in [5, 5.41) is 0. The third-order valence-electron chi connectivity index (χ3n) is 3.94. The fourth-order valence-electron chi connectivity index (χ4n) is 2.26. The van der Waals surface area contributed by atoms with Crippen LogP contribution in [0.25, 0.3) is 0 Å². The molecule has 0 aliphatic carbocycles. The average molecular weight is 226 g/mol. The van der Waals surface area contributed by atoms with Gasteiger partial charge in [0.2, 0.25) is 0 Å². The van der Waals surface area contributed by atoms with Gasteiger partial charge >= 0.3 is 0 Å². The molecule has 0 N–H and O–H groups in total. The molecule has 16 heavy (non-hydrogen) atoms. The zero-order valence-electron chi connectivity index (χ0n) is 11.6. The quantitative estimate of drug-likeness (QED) is 0.352. The van der Waals surface area contributed by atoms with Crippen LogP contribution in [0.15, 0.2) is 0 Å². The molecule has 0 bridgehead atoms. The van der Waals surface area contributed by atoms with Gasteiger partial charge in [0.15, 0.2) is 0 Å². The van der Waals surface area contributed by atoms with Gasteiger partial charge in [-0.1, -0.05) is 65.7 Å². The summed E-state index contributed by atoms with van der Waals surface area (Å²) in [6.45, 7) is 6.53. The first kappa shape index (κ1) is 15.7. The molecule has 0 unspecified atom stereocenters. The molecule has 1 nitrogen and oxygen atoms in total. The summed E-state index contributed by atoms with van der Waals surface area (Å²) >= 11 is 0. The van der Waals surface area contributed by atoms with Crippen LogP contribution in [-0.2, 0) is 4.79 Å². The molecule has 0 heterocycles. The van der Waals surface area contributed by atoms with Crippen molar-refractivity contribution >= 4 is 6.29 Å². The summed E-state index contributed by atoms with van der Waals surface area (Å²) < 4.78 is 0. The first-order valence-corrected chi connectivity index (χ1v) is 7.21. The molecule has 0 rings (SSSR count). The Balaban J connectivity index is 3.52. The maximum absolute atomic E-state index is 11.1. The van der Waals surface area contributed by atoms with Crippen molar-refractivity contribution in [1.29, 1.82) is 0 Å². The topological polar surface area (TPSA) is 17.1 Å². The van der Waals surface area contributed by atoms with E-state index >= 15 is 0 Å². The number of hydrogen-bond donors (Lipinski definition) is 0. The normalized spacial score (nSPS) is 11.7. The second kappa shape index (κ2) is 9.86. The fourth-order valence-corrected chi connectivity index (χ4v) is 2.26. The molecule has 0 amide bonds. The minimum Gasteiger partial charge on any atom is -0.303 e. The van der Waals surface area contributed by atoms with Gasteiger partial charge in [0.1, 0.15) is 6.29 Å². The lowest BCUT2D eigenvalue weighted by molar-refractivity contribution is -0.117. The Bertz CT molecular complexity index is 159. The van der Waals surface area contributed by atoms with Crippen molar-refractivity contribution in [3.8, 4) is 0 Å². The Hall–Kier alpha value is -0.330. The molecule has 0 aromatic rings. The highest BCUT2D eigenvalue weighted by Gasteiger charge is 2.24. The summed E-state index contributed by atoms with van der Waals surface area (Å²) in [7, 11) is 0. The molecule has 0 saturated carbocycles. The second-order valence-corrected chi connectivity index (χ2v) is 5.06. The summed E-state index contributed by atoms with van der Waals surface area (Å²) in [6, 6.07) is 0. The monoisotopic (exact) mass is 226 g/mol. The first-order chi connectivity index (χ1) is 7.74. The number of hydrogen-bond acceptors (Lipinski definition) is 1. The van der Waals surface area contributed by atoms with E-state index in [1.54, 1.807) is 0 Å². The zero-order chi connectivity index (χ0) is 12.3. The van der Waals surface area contributed by atoms with Crippen molar-refractivity contribution < 1.29 is 4.79 Å². The average Bonchev–Trinajstić information content (AvgIpc) is 2.34. The maximum Gasteiger partial charge on any atom is 0.126 e. The SMILES string of the molecule is CCCCCCCCCC(C=O)(CC)CC. The molecule has 0 radical (unpaired) electrons. The Morgan fingerprint density at radius 2 is 1.31 bits per heavy atom. The summed E-state index contributed by atoms with van der Waals surface area (Å²) in [5.74, 6) is 0. The molecular formula is C15H30O. The highest BCUT2D eigenvalue weighted by molar-refractivity contribution is 5.58. The van der Waals surface area contributed by atoms with Crippen LogP contribution in [0.2, 0.25) is 0 Å². The summed E-state index contributed by atoms with van der Waals surface area (Å²) in [5.41, 5.74) is -0.0105. The molecule has 0 saturated heterocycles. The van der Waals surface area contributed by atoms with Gasteiger partial charge in [0.25, 0.3) is 0 Å². The van der Waals surface area contributed by atoms with Crippen molar-refractivity contribution in [2.24, 2.45) is 5.41 Å². The Morgan fingerprint density at radius 1 is 0.812 bits per heavy atom. The molecular weight excluding hydrogens is 196 g/mol. The lowest BCUT2D eigenvalue weighted by atomic mass is 9.79. The van der Waals surface area contributed by atoms with E-state index in [1.807, 2.05) is 0 Å². The summed E-state index contributed by atoms with van der Waals surface area (Å²) in [4.78, 5) is 11.1. The molecule has 96 valence electrons. The van der Waals surface area contributed by atoms with Gasteiger partial charge < -0.3 is 4.79 Å². The van der Waals surface area contributed by atoms with E-state index < -0.39 is 0 Å². The van der Waals surface area contributed by atoms with E-state index in [9.17, 15) is 4.79 Å². The molecule has 0 spiro atoms. The minimum atomic E-state index is -0.0105. The number of carbonyl (C=O) groups is 1. The Morgan fingerprint density at radius 3 is 1.75 bits per heavy atom. The van der Waals surface area contributed by atoms with Crippen LogP contribution in [0.3, 0.4) is 0 Å². The van der Waals surface area contributed by atoms with Crippen molar-refractivity contribution in [1.82, 2.24) is 0 Å². The highest BCUT2D eigenvalue weighted by Crippen LogP contribution is 2.30. The molecule has 0 aliphatic rings. The van der Waals surface area contributed by atoms with Gasteiger partial charge in [-0.05, 0) is 19.3 Å². The third kappa shape index (κ3) is 6.30. The zero-order valence-corrected chi connectivity index (χ0v) is 11.6. The van der Waals surface area contributed by atoms with Gasteiger partial charge in [0.05, 0.1) is 0 Å². The van der Waals surface area contributed by atoms with Crippen molar-refractivity contribution in [3.05, 3.63) is 0 Å². The first-order valence-electron chi connectivity index (χ1n) is 7.21. The molecule has 0 fully saturated rings. The predicted octanol–water partition coefficient (Wildman–Crippen LogP) is 5.13. The van der Waals surface area contributed by atoms with Crippen molar-refractivity contribution in [3.63, 3.8) is 0 Å². The minimum absolute atomic E-state index is 0.0105. The number of rotatable bonds is 11. The van der Waals surface area contributed by atoms with Crippen molar-refractivity contribution in [2.45, 2.75) is 85.0 Å². The van der Waals surface area contributed by atoms with Crippen LogP contribution in [0.1, 0.15) is 85.0 Å². The molecule has 0 aliphatic heterocycles. The van der Waals surface area contributed by atoms with Gasteiger partial charge in [0, 0.05) is 5.41 Å². The largest absolute Gasteiger partial charge is 0.303 e. The van der Waals surface area contributed by atoms with Crippen LogP contribution < -0.4 is 0 Å². The Kier molecular flexibility index (Phi) is 9.66. The van der Waals surface area contributed by atoms with Crippen LogP contribution in [0, 0.1) is 5.41 Å². The summed E-state index contributed by atoms with van der Waals surface area (Å²) in [6.07, 6.45) is 13.6. The molecule has 1 heteroatoms. The number of aldehydes is 1. The van der Waals surface area contributed by atoms with E-state index in [1.165, 1.54) is 51.2 Å².